The van der Waals surface area contributed by atoms with Crippen molar-refractivity contribution in [1.82, 2.24) is 20.4 Å². The lowest BCUT2D eigenvalue weighted by Gasteiger charge is -2.07. The van der Waals surface area contributed by atoms with Gasteiger partial charge in [-0.3, -0.25) is 4.98 Å². The summed E-state index contributed by atoms with van der Waals surface area (Å²) in [6.45, 7) is 4.53. The van der Waals surface area contributed by atoms with Gasteiger partial charge in [-0.1, -0.05) is 25.1 Å². The predicted octanol–water partition coefficient (Wildman–Crippen LogP) is 3.62. The molecule has 134 valence electrons. The Hall–Kier alpha value is -3.22. The molecule has 2 heterocycles. The molecule has 0 fully saturated rings. The van der Waals surface area contributed by atoms with Gasteiger partial charge in [-0.2, -0.15) is 4.98 Å². The molecule has 26 heavy (non-hydrogen) atoms. The van der Waals surface area contributed by atoms with Gasteiger partial charge in [0.25, 0.3) is 5.89 Å². The van der Waals surface area contributed by atoms with Crippen LogP contribution in [0.15, 0.2) is 53.2 Å². The van der Waals surface area contributed by atoms with Gasteiger partial charge >= 0.3 is 6.03 Å². The summed E-state index contributed by atoms with van der Waals surface area (Å²) < 4.78 is 5.26. The average Bonchev–Trinajstić information content (AvgIpc) is 3.14. The molecule has 2 aromatic heterocycles. The summed E-state index contributed by atoms with van der Waals surface area (Å²) in [5.41, 5.74) is 2.44. The van der Waals surface area contributed by atoms with E-state index in [0.29, 0.717) is 30.4 Å². The number of amides is 2. The maximum atomic E-state index is 12.0. The van der Waals surface area contributed by atoms with Crippen molar-refractivity contribution >= 4 is 11.7 Å². The van der Waals surface area contributed by atoms with Crippen LogP contribution in [-0.2, 0) is 6.42 Å². The molecule has 0 spiro atoms. The molecule has 7 nitrogen and oxygen atoms in total. The molecule has 0 bridgehead atoms. The molecule has 3 aromatic rings. The molecule has 1 aromatic carbocycles. The van der Waals surface area contributed by atoms with Crippen LogP contribution in [0.1, 0.15) is 31.3 Å². The number of carbonyl (C=O) groups excluding carboxylic acids is 1. The Balaban J connectivity index is 1.51. The van der Waals surface area contributed by atoms with E-state index in [1.165, 1.54) is 0 Å². The summed E-state index contributed by atoms with van der Waals surface area (Å²) in [6.07, 6.45) is 2.42. The van der Waals surface area contributed by atoms with Gasteiger partial charge in [-0.25, -0.2) is 4.79 Å². The highest BCUT2D eigenvalue weighted by Crippen LogP contribution is 2.21. The smallest absolute Gasteiger partial charge is 0.319 e. The first-order valence-electron chi connectivity index (χ1n) is 8.50. The van der Waals surface area contributed by atoms with Crippen LogP contribution < -0.4 is 10.6 Å². The van der Waals surface area contributed by atoms with E-state index in [1.54, 1.807) is 18.3 Å². The Morgan fingerprint density at radius 2 is 1.96 bits per heavy atom. The highest BCUT2D eigenvalue weighted by atomic mass is 16.5. The first kappa shape index (κ1) is 17.6. The second-order valence-corrected chi connectivity index (χ2v) is 6.14. The third-order valence-corrected chi connectivity index (χ3v) is 3.74. The van der Waals surface area contributed by atoms with Crippen LogP contribution >= 0.6 is 0 Å². The normalized spacial score (nSPS) is 10.7. The Bertz CT molecular complexity index is 844. The number of pyridine rings is 1. The van der Waals surface area contributed by atoms with Crippen molar-refractivity contribution in [2.24, 2.45) is 0 Å². The fraction of sp³-hybridized carbons (Fsp3) is 0.263. The molecule has 0 unspecified atom stereocenters. The zero-order valence-corrected chi connectivity index (χ0v) is 14.8. The number of carbonyl (C=O) groups is 1. The van der Waals surface area contributed by atoms with Crippen LogP contribution in [0.5, 0.6) is 0 Å². The van der Waals surface area contributed by atoms with Crippen LogP contribution in [0.4, 0.5) is 10.5 Å². The largest absolute Gasteiger partial charge is 0.337 e. The summed E-state index contributed by atoms with van der Waals surface area (Å²) in [5, 5.41) is 9.55. The number of hydrogen-bond donors (Lipinski definition) is 2. The van der Waals surface area contributed by atoms with E-state index in [-0.39, 0.29) is 11.9 Å². The molecule has 0 aliphatic heterocycles. The number of rotatable bonds is 6. The fourth-order valence-corrected chi connectivity index (χ4v) is 2.31. The third-order valence-electron chi connectivity index (χ3n) is 3.74. The highest BCUT2D eigenvalue weighted by molar-refractivity contribution is 5.89. The summed E-state index contributed by atoms with van der Waals surface area (Å²) in [5.74, 6) is 1.36. The van der Waals surface area contributed by atoms with Gasteiger partial charge < -0.3 is 15.2 Å². The minimum Gasteiger partial charge on any atom is -0.337 e. The predicted molar refractivity (Wildman–Crippen MR) is 98.8 cm³/mol. The van der Waals surface area contributed by atoms with Crippen LogP contribution in [0.2, 0.25) is 0 Å². The van der Waals surface area contributed by atoms with Crippen LogP contribution in [0.25, 0.3) is 11.5 Å². The second kappa shape index (κ2) is 8.24. The van der Waals surface area contributed by atoms with Crippen molar-refractivity contribution in [2.45, 2.75) is 26.2 Å². The van der Waals surface area contributed by atoms with Crippen LogP contribution in [0, 0.1) is 0 Å². The Kier molecular flexibility index (Phi) is 5.58. The zero-order valence-electron chi connectivity index (χ0n) is 14.8. The van der Waals surface area contributed by atoms with Gasteiger partial charge in [0.05, 0.1) is 0 Å². The number of benzene rings is 1. The first-order chi connectivity index (χ1) is 12.6. The lowest BCUT2D eigenvalue weighted by Crippen LogP contribution is -2.30. The molecule has 3 rings (SSSR count). The van der Waals surface area contributed by atoms with Crippen molar-refractivity contribution in [3.8, 4) is 11.5 Å². The fourth-order valence-electron chi connectivity index (χ4n) is 2.31. The molecular weight excluding hydrogens is 330 g/mol. The van der Waals surface area contributed by atoms with Crippen LogP contribution in [-0.4, -0.2) is 27.7 Å². The summed E-state index contributed by atoms with van der Waals surface area (Å²) in [4.78, 5) is 20.5. The number of urea groups is 1. The summed E-state index contributed by atoms with van der Waals surface area (Å²) >= 11 is 0. The first-order valence-corrected chi connectivity index (χ1v) is 8.50. The number of nitrogens with one attached hydrogen (secondary N) is 2. The summed E-state index contributed by atoms with van der Waals surface area (Å²) in [6, 6.07) is 12.7. The van der Waals surface area contributed by atoms with Crippen molar-refractivity contribution in [3.05, 3.63) is 60.2 Å². The SMILES string of the molecule is CC(C)c1noc(-c2ccc(NC(=O)NCCc3ccccn3)cc2)n1. The van der Waals surface area contributed by atoms with E-state index in [1.807, 2.05) is 44.2 Å². The van der Waals surface area contributed by atoms with Gasteiger partial charge in [0.1, 0.15) is 0 Å². The molecule has 0 aliphatic carbocycles. The van der Waals surface area contributed by atoms with Gasteiger partial charge in [-0.05, 0) is 36.4 Å². The van der Waals surface area contributed by atoms with E-state index in [9.17, 15) is 4.79 Å². The minimum atomic E-state index is -0.256. The van der Waals surface area contributed by atoms with Gasteiger partial charge in [0.2, 0.25) is 0 Å². The van der Waals surface area contributed by atoms with Crippen molar-refractivity contribution in [3.63, 3.8) is 0 Å². The molecule has 2 N–H and O–H groups in total. The molecule has 0 saturated heterocycles. The number of nitrogens with zero attached hydrogens (tertiary/aromatic N) is 3. The van der Waals surface area contributed by atoms with Crippen molar-refractivity contribution < 1.29 is 9.32 Å². The van der Waals surface area contributed by atoms with Gasteiger partial charge in [0.15, 0.2) is 5.82 Å². The lowest BCUT2D eigenvalue weighted by atomic mass is 10.2. The molecule has 0 radical (unpaired) electrons. The van der Waals surface area contributed by atoms with E-state index in [4.69, 9.17) is 4.52 Å². The van der Waals surface area contributed by atoms with E-state index in [0.717, 1.165) is 11.3 Å². The van der Waals surface area contributed by atoms with E-state index >= 15 is 0 Å². The Morgan fingerprint density at radius 3 is 2.62 bits per heavy atom. The zero-order chi connectivity index (χ0) is 18.4. The van der Waals surface area contributed by atoms with Crippen molar-refractivity contribution in [1.29, 1.82) is 0 Å². The molecule has 0 aliphatic rings. The number of aromatic nitrogens is 3. The van der Waals surface area contributed by atoms with E-state index in [2.05, 4.69) is 25.8 Å². The number of hydrogen-bond acceptors (Lipinski definition) is 5. The molecule has 7 heteroatoms. The quantitative estimate of drug-likeness (QED) is 0.707. The minimum absolute atomic E-state index is 0.211. The third kappa shape index (κ3) is 4.66. The van der Waals surface area contributed by atoms with Crippen molar-refractivity contribution in [2.75, 3.05) is 11.9 Å². The second-order valence-electron chi connectivity index (χ2n) is 6.14. The molecule has 0 atom stereocenters. The topological polar surface area (TPSA) is 92.9 Å². The highest BCUT2D eigenvalue weighted by Gasteiger charge is 2.11. The standard InChI is InChI=1S/C19H21N5O2/c1-13(2)17-23-18(26-24-17)14-6-8-16(9-7-14)22-19(25)21-12-10-15-5-3-4-11-20-15/h3-9,11,13H,10,12H2,1-2H3,(H2,21,22,25). The van der Waals surface area contributed by atoms with E-state index < -0.39 is 0 Å². The van der Waals surface area contributed by atoms with Crippen LogP contribution in [0.3, 0.4) is 0 Å². The average molecular weight is 351 g/mol. The van der Waals surface area contributed by atoms with Gasteiger partial charge in [0, 0.05) is 42.0 Å². The summed E-state index contributed by atoms with van der Waals surface area (Å²) in [7, 11) is 0. The molecular formula is C19H21N5O2. The maximum absolute atomic E-state index is 12.0. The Labute approximate surface area is 151 Å². The molecule has 0 saturated carbocycles. The molecule has 2 amide bonds. The lowest BCUT2D eigenvalue weighted by molar-refractivity contribution is 0.252. The maximum Gasteiger partial charge on any atom is 0.319 e. The number of anilines is 1. The Morgan fingerprint density at radius 1 is 1.15 bits per heavy atom. The monoisotopic (exact) mass is 351 g/mol. The van der Waals surface area contributed by atoms with Gasteiger partial charge in [-0.15, -0.1) is 0 Å².